The van der Waals surface area contributed by atoms with Crippen LogP contribution in [0.3, 0.4) is 0 Å². The molecule has 0 spiro atoms. The van der Waals surface area contributed by atoms with Crippen molar-refractivity contribution < 1.29 is 5.11 Å². The van der Waals surface area contributed by atoms with Crippen LogP contribution in [0.25, 0.3) is 17.2 Å². The summed E-state index contributed by atoms with van der Waals surface area (Å²) < 4.78 is 0. The molecular weight excluding hydrogens is 196 g/mol. The van der Waals surface area contributed by atoms with Gasteiger partial charge in [-0.15, -0.1) is 0 Å². The SMILES string of the molecule is OC1=Cc2ccccc2-c2ccccc2C1. The van der Waals surface area contributed by atoms with E-state index in [9.17, 15) is 5.11 Å². The van der Waals surface area contributed by atoms with Crippen LogP contribution in [-0.2, 0) is 6.42 Å². The number of rotatable bonds is 0. The topological polar surface area (TPSA) is 20.2 Å². The predicted octanol–water partition coefficient (Wildman–Crippen LogP) is 3.81. The van der Waals surface area contributed by atoms with E-state index in [0.717, 1.165) is 5.56 Å². The molecule has 0 radical (unpaired) electrons. The van der Waals surface area contributed by atoms with Gasteiger partial charge in [-0.1, -0.05) is 48.5 Å². The van der Waals surface area contributed by atoms with Crippen molar-refractivity contribution in [3.63, 3.8) is 0 Å². The smallest absolute Gasteiger partial charge is 0.0972 e. The fourth-order valence-corrected chi connectivity index (χ4v) is 2.23. The highest BCUT2D eigenvalue weighted by Crippen LogP contribution is 2.32. The van der Waals surface area contributed by atoms with Gasteiger partial charge in [0, 0.05) is 6.42 Å². The lowest BCUT2D eigenvalue weighted by Gasteiger charge is -2.07. The van der Waals surface area contributed by atoms with Crippen molar-refractivity contribution in [1.82, 2.24) is 0 Å². The van der Waals surface area contributed by atoms with Crippen molar-refractivity contribution in [2.75, 3.05) is 0 Å². The third kappa shape index (κ3) is 1.41. The zero-order valence-electron chi connectivity index (χ0n) is 8.85. The summed E-state index contributed by atoms with van der Waals surface area (Å²) in [6.07, 6.45) is 2.47. The van der Waals surface area contributed by atoms with Gasteiger partial charge in [-0.2, -0.15) is 0 Å². The normalized spacial score (nSPS) is 13.4. The van der Waals surface area contributed by atoms with Crippen molar-refractivity contribution in [3.8, 4) is 11.1 Å². The second kappa shape index (κ2) is 3.53. The molecule has 0 heterocycles. The summed E-state index contributed by atoms with van der Waals surface area (Å²) >= 11 is 0. The average Bonchev–Trinajstić information content (AvgIpc) is 2.44. The van der Waals surface area contributed by atoms with Crippen molar-refractivity contribution in [2.45, 2.75) is 6.42 Å². The molecule has 1 nitrogen and oxygen atoms in total. The van der Waals surface area contributed by atoms with Crippen LogP contribution in [-0.4, -0.2) is 5.11 Å². The molecule has 0 aliphatic heterocycles. The second-order valence-electron chi connectivity index (χ2n) is 4.06. The number of fused-ring (bicyclic) bond motifs is 3. The summed E-state index contributed by atoms with van der Waals surface area (Å²) in [5, 5.41) is 9.84. The molecule has 0 saturated heterocycles. The van der Waals surface area contributed by atoms with Gasteiger partial charge in [0.1, 0.15) is 0 Å². The molecule has 16 heavy (non-hydrogen) atoms. The Morgan fingerprint density at radius 2 is 1.50 bits per heavy atom. The summed E-state index contributed by atoms with van der Waals surface area (Å²) in [6, 6.07) is 16.4. The average molecular weight is 208 g/mol. The van der Waals surface area contributed by atoms with E-state index in [0.29, 0.717) is 12.2 Å². The molecule has 1 aliphatic rings. The van der Waals surface area contributed by atoms with Gasteiger partial charge in [-0.05, 0) is 28.3 Å². The van der Waals surface area contributed by atoms with Gasteiger partial charge >= 0.3 is 0 Å². The van der Waals surface area contributed by atoms with E-state index in [1.54, 1.807) is 0 Å². The number of aliphatic hydroxyl groups is 1. The maximum absolute atomic E-state index is 9.84. The Morgan fingerprint density at radius 3 is 2.38 bits per heavy atom. The Labute approximate surface area is 94.7 Å². The molecule has 1 N–H and O–H groups in total. The van der Waals surface area contributed by atoms with Gasteiger partial charge in [0.05, 0.1) is 5.76 Å². The van der Waals surface area contributed by atoms with Gasteiger partial charge in [-0.25, -0.2) is 0 Å². The van der Waals surface area contributed by atoms with Gasteiger partial charge < -0.3 is 5.11 Å². The molecule has 0 unspecified atom stereocenters. The predicted molar refractivity (Wildman–Crippen MR) is 66.2 cm³/mol. The maximum Gasteiger partial charge on any atom is 0.0972 e. The molecule has 2 aromatic rings. The van der Waals surface area contributed by atoms with Crippen molar-refractivity contribution in [1.29, 1.82) is 0 Å². The number of hydrogen-bond acceptors (Lipinski definition) is 1. The van der Waals surface area contributed by atoms with Crippen LogP contribution in [0.5, 0.6) is 0 Å². The number of allylic oxidation sites excluding steroid dienone is 1. The molecular formula is C15H12O. The fraction of sp³-hybridized carbons (Fsp3) is 0.0667. The molecule has 0 amide bonds. The van der Waals surface area contributed by atoms with Gasteiger partial charge in [-0.3, -0.25) is 0 Å². The molecule has 0 bridgehead atoms. The Morgan fingerprint density at radius 1 is 0.812 bits per heavy atom. The van der Waals surface area contributed by atoms with E-state index >= 15 is 0 Å². The molecule has 1 aliphatic carbocycles. The zero-order chi connectivity index (χ0) is 11.0. The van der Waals surface area contributed by atoms with E-state index in [1.807, 2.05) is 36.4 Å². The van der Waals surface area contributed by atoms with Crippen LogP contribution < -0.4 is 0 Å². The zero-order valence-corrected chi connectivity index (χ0v) is 8.85. The number of benzene rings is 2. The van der Waals surface area contributed by atoms with Crippen LogP contribution in [0.15, 0.2) is 54.3 Å². The first kappa shape index (κ1) is 9.22. The van der Waals surface area contributed by atoms with Gasteiger partial charge in [0.2, 0.25) is 0 Å². The Hall–Kier alpha value is -2.02. The van der Waals surface area contributed by atoms with E-state index in [4.69, 9.17) is 0 Å². The highest BCUT2D eigenvalue weighted by atomic mass is 16.3. The summed E-state index contributed by atoms with van der Waals surface area (Å²) in [7, 11) is 0. The van der Waals surface area contributed by atoms with Crippen molar-refractivity contribution in [2.24, 2.45) is 0 Å². The lowest BCUT2D eigenvalue weighted by Crippen LogP contribution is -1.89. The van der Waals surface area contributed by atoms with E-state index in [2.05, 4.69) is 18.2 Å². The van der Waals surface area contributed by atoms with Gasteiger partial charge in [0.25, 0.3) is 0 Å². The van der Waals surface area contributed by atoms with Crippen molar-refractivity contribution >= 4 is 6.08 Å². The molecule has 0 fully saturated rings. The Balaban J connectivity index is 2.34. The van der Waals surface area contributed by atoms with Crippen LogP contribution in [0, 0.1) is 0 Å². The second-order valence-corrected chi connectivity index (χ2v) is 4.06. The first-order chi connectivity index (χ1) is 7.84. The monoisotopic (exact) mass is 208 g/mol. The highest BCUT2D eigenvalue weighted by molar-refractivity contribution is 5.79. The standard InChI is InChI=1S/C15H12O/c16-13-9-11-5-1-3-7-14(11)15-8-4-2-6-12(15)10-13/h1-9,16H,10H2. The summed E-state index contributed by atoms with van der Waals surface area (Å²) in [5.74, 6) is 0.428. The van der Waals surface area contributed by atoms with E-state index < -0.39 is 0 Å². The quantitative estimate of drug-likeness (QED) is 0.698. The minimum atomic E-state index is 0.428. The molecule has 2 aromatic carbocycles. The minimum absolute atomic E-state index is 0.428. The maximum atomic E-state index is 9.84. The largest absolute Gasteiger partial charge is 0.512 e. The van der Waals surface area contributed by atoms with Crippen LogP contribution in [0.4, 0.5) is 0 Å². The van der Waals surface area contributed by atoms with Crippen molar-refractivity contribution in [3.05, 3.63) is 65.4 Å². The molecule has 0 aromatic heterocycles. The van der Waals surface area contributed by atoms with Crippen LogP contribution in [0.1, 0.15) is 11.1 Å². The lowest BCUT2D eigenvalue weighted by atomic mass is 9.97. The third-order valence-corrected chi connectivity index (χ3v) is 2.96. The van der Waals surface area contributed by atoms with Crippen LogP contribution in [0.2, 0.25) is 0 Å². The lowest BCUT2D eigenvalue weighted by molar-refractivity contribution is 0.405. The summed E-state index contributed by atoms with van der Waals surface area (Å²) in [5.41, 5.74) is 4.69. The molecule has 3 rings (SSSR count). The minimum Gasteiger partial charge on any atom is -0.512 e. The fourth-order valence-electron chi connectivity index (χ4n) is 2.23. The first-order valence-electron chi connectivity index (χ1n) is 5.41. The van der Waals surface area contributed by atoms with E-state index in [1.165, 1.54) is 16.7 Å². The number of aliphatic hydroxyl groups excluding tert-OH is 1. The molecule has 78 valence electrons. The molecule has 1 heteroatoms. The Bertz CT molecular complexity index is 567. The first-order valence-corrected chi connectivity index (χ1v) is 5.41. The van der Waals surface area contributed by atoms with Gasteiger partial charge in [0.15, 0.2) is 0 Å². The number of hydrogen-bond donors (Lipinski definition) is 1. The molecule has 0 saturated carbocycles. The third-order valence-electron chi connectivity index (χ3n) is 2.96. The highest BCUT2D eigenvalue weighted by Gasteiger charge is 2.13. The molecule has 0 atom stereocenters. The summed E-state index contributed by atoms with van der Waals surface area (Å²) in [4.78, 5) is 0. The van der Waals surface area contributed by atoms with E-state index in [-0.39, 0.29) is 0 Å². The summed E-state index contributed by atoms with van der Waals surface area (Å²) in [6.45, 7) is 0. The Kier molecular flexibility index (Phi) is 2.03. The van der Waals surface area contributed by atoms with Crippen LogP contribution >= 0.6 is 0 Å².